The van der Waals surface area contributed by atoms with Crippen molar-refractivity contribution in [1.29, 1.82) is 0 Å². The Labute approximate surface area is 182 Å². The summed E-state index contributed by atoms with van der Waals surface area (Å²) in [6.07, 6.45) is 3.10. The van der Waals surface area contributed by atoms with Gasteiger partial charge in [0.15, 0.2) is 16.6 Å². The lowest BCUT2D eigenvalue weighted by Gasteiger charge is -2.21. The predicted octanol–water partition coefficient (Wildman–Crippen LogP) is 4.58. The van der Waals surface area contributed by atoms with Gasteiger partial charge in [0, 0.05) is 36.9 Å². The summed E-state index contributed by atoms with van der Waals surface area (Å²) in [5.74, 6) is 1.26. The maximum absolute atomic E-state index is 12.3. The first-order chi connectivity index (χ1) is 14.5. The van der Waals surface area contributed by atoms with Gasteiger partial charge in [0.1, 0.15) is 0 Å². The highest BCUT2D eigenvalue weighted by Gasteiger charge is 2.14. The van der Waals surface area contributed by atoms with Crippen LogP contribution >= 0.6 is 11.3 Å². The van der Waals surface area contributed by atoms with Crippen LogP contribution in [0.3, 0.4) is 0 Å². The van der Waals surface area contributed by atoms with Crippen molar-refractivity contribution >= 4 is 28.3 Å². The molecule has 1 heterocycles. The van der Waals surface area contributed by atoms with E-state index in [-0.39, 0.29) is 11.8 Å². The normalized spacial score (nSPS) is 10.5. The van der Waals surface area contributed by atoms with Gasteiger partial charge in [-0.1, -0.05) is 13.8 Å². The van der Waals surface area contributed by atoms with E-state index in [0.717, 1.165) is 37.2 Å². The van der Waals surface area contributed by atoms with Crippen LogP contribution in [0.1, 0.15) is 46.0 Å². The second-order valence-corrected chi connectivity index (χ2v) is 7.75. The number of amides is 2. The molecule has 0 fully saturated rings. The van der Waals surface area contributed by atoms with E-state index in [0.29, 0.717) is 35.9 Å². The largest absolute Gasteiger partial charge is 0.493 e. The lowest BCUT2D eigenvalue weighted by molar-refractivity contribution is -0.131. The molecule has 0 unspecified atom stereocenters. The molecule has 0 spiro atoms. The minimum absolute atomic E-state index is 0.122. The average molecular weight is 434 g/mol. The van der Waals surface area contributed by atoms with Gasteiger partial charge in [0.05, 0.1) is 19.9 Å². The number of hydrogen-bond acceptors (Lipinski definition) is 6. The van der Waals surface area contributed by atoms with Gasteiger partial charge >= 0.3 is 0 Å². The summed E-state index contributed by atoms with van der Waals surface area (Å²) >= 11 is 1.36. The molecule has 1 aromatic heterocycles. The minimum Gasteiger partial charge on any atom is -0.493 e. The molecule has 0 bridgehead atoms. The lowest BCUT2D eigenvalue weighted by Crippen LogP contribution is -2.32. The number of rotatable bonds is 12. The van der Waals surface area contributed by atoms with Gasteiger partial charge in [-0.25, -0.2) is 4.98 Å². The zero-order valence-corrected chi connectivity index (χ0v) is 19.0. The van der Waals surface area contributed by atoms with Crippen molar-refractivity contribution in [2.24, 2.45) is 0 Å². The van der Waals surface area contributed by atoms with E-state index in [9.17, 15) is 9.59 Å². The van der Waals surface area contributed by atoms with Crippen molar-refractivity contribution in [3.63, 3.8) is 0 Å². The van der Waals surface area contributed by atoms with Crippen LogP contribution in [0.15, 0.2) is 23.6 Å². The first-order valence-electron chi connectivity index (χ1n) is 10.3. The van der Waals surface area contributed by atoms with Crippen molar-refractivity contribution in [3.8, 4) is 22.8 Å². The van der Waals surface area contributed by atoms with Crippen LogP contribution in [0.2, 0.25) is 0 Å². The Morgan fingerprint density at radius 2 is 1.77 bits per heavy atom. The Hall–Kier alpha value is -2.61. The molecule has 2 rings (SSSR count). The van der Waals surface area contributed by atoms with Crippen molar-refractivity contribution in [1.82, 2.24) is 9.88 Å². The Morgan fingerprint density at radius 3 is 2.40 bits per heavy atom. The molecule has 8 heteroatoms. The summed E-state index contributed by atoms with van der Waals surface area (Å²) in [5.41, 5.74) is 1.63. The summed E-state index contributed by atoms with van der Waals surface area (Å²) < 4.78 is 10.6. The molecule has 164 valence electrons. The highest BCUT2D eigenvalue weighted by atomic mass is 32.1. The van der Waals surface area contributed by atoms with Crippen molar-refractivity contribution in [2.75, 3.05) is 32.6 Å². The van der Waals surface area contributed by atoms with Crippen LogP contribution < -0.4 is 14.8 Å². The first-order valence-corrected chi connectivity index (χ1v) is 11.2. The average Bonchev–Trinajstić information content (AvgIpc) is 3.21. The molecular weight excluding hydrogens is 402 g/mol. The molecule has 0 aliphatic heterocycles. The lowest BCUT2D eigenvalue weighted by atomic mass is 10.1. The fraction of sp³-hybridized carbons (Fsp3) is 0.500. The van der Waals surface area contributed by atoms with Gasteiger partial charge in [0.2, 0.25) is 11.8 Å². The molecule has 2 aromatic rings. The van der Waals surface area contributed by atoms with E-state index in [1.165, 1.54) is 11.3 Å². The molecule has 0 aliphatic rings. The number of carbonyl (C=O) groups is 2. The fourth-order valence-corrected chi connectivity index (χ4v) is 3.84. The summed E-state index contributed by atoms with van der Waals surface area (Å²) in [5, 5.41) is 5.24. The van der Waals surface area contributed by atoms with E-state index >= 15 is 0 Å². The van der Waals surface area contributed by atoms with E-state index in [4.69, 9.17) is 9.47 Å². The number of ether oxygens (including phenoxy) is 2. The van der Waals surface area contributed by atoms with Crippen molar-refractivity contribution in [2.45, 2.75) is 46.0 Å². The smallest absolute Gasteiger partial charge is 0.226 e. The predicted molar refractivity (Wildman–Crippen MR) is 120 cm³/mol. The molecule has 0 radical (unpaired) electrons. The third kappa shape index (κ3) is 6.73. The van der Waals surface area contributed by atoms with E-state index < -0.39 is 0 Å². The van der Waals surface area contributed by atoms with Gasteiger partial charge in [-0.2, -0.15) is 0 Å². The molecule has 0 aliphatic carbocycles. The highest BCUT2D eigenvalue weighted by Crippen LogP contribution is 2.33. The van der Waals surface area contributed by atoms with E-state index in [2.05, 4.69) is 24.1 Å². The van der Waals surface area contributed by atoms with Gasteiger partial charge in [-0.3, -0.25) is 9.59 Å². The zero-order valence-electron chi connectivity index (χ0n) is 18.2. The maximum Gasteiger partial charge on any atom is 0.226 e. The number of aromatic nitrogens is 1. The van der Waals surface area contributed by atoms with Crippen LogP contribution in [0.4, 0.5) is 5.13 Å². The SMILES string of the molecule is CCCN(CCC)C(=O)CCCC(=O)Nc1nc(-c2ccc(OC)c(OC)c2)cs1. The fourth-order valence-electron chi connectivity index (χ4n) is 3.10. The number of nitrogens with one attached hydrogen (secondary N) is 1. The number of thiazole rings is 1. The van der Waals surface area contributed by atoms with Crippen molar-refractivity contribution in [3.05, 3.63) is 23.6 Å². The summed E-state index contributed by atoms with van der Waals surface area (Å²) in [7, 11) is 3.18. The summed E-state index contributed by atoms with van der Waals surface area (Å²) in [4.78, 5) is 30.9. The van der Waals surface area contributed by atoms with Crippen LogP contribution in [0.25, 0.3) is 11.3 Å². The molecule has 0 atom stereocenters. The molecule has 7 nitrogen and oxygen atoms in total. The van der Waals surface area contributed by atoms with Crippen LogP contribution in [0, 0.1) is 0 Å². The summed E-state index contributed by atoms with van der Waals surface area (Å²) in [6.45, 7) is 5.68. The molecule has 1 N–H and O–H groups in total. The number of carbonyl (C=O) groups excluding carboxylic acids is 2. The second-order valence-electron chi connectivity index (χ2n) is 6.89. The van der Waals surface area contributed by atoms with Gasteiger partial charge in [-0.15, -0.1) is 11.3 Å². The summed E-state index contributed by atoms with van der Waals surface area (Å²) in [6, 6.07) is 5.57. The molecule has 1 aromatic carbocycles. The molecule has 0 saturated carbocycles. The van der Waals surface area contributed by atoms with E-state index in [1.54, 1.807) is 14.2 Å². The quantitative estimate of drug-likeness (QED) is 0.530. The van der Waals surface area contributed by atoms with Gasteiger partial charge < -0.3 is 19.7 Å². The highest BCUT2D eigenvalue weighted by molar-refractivity contribution is 7.14. The standard InChI is InChI=1S/C22H31N3O4S/c1-5-12-25(13-6-2)21(27)9-7-8-20(26)24-22-23-17(15-30-22)16-10-11-18(28-3)19(14-16)29-4/h10-11,14-15H,5-9,12-13H2,1-4H3,(H,23,24,26). The third-order valence-electron chi connectivity index (χ3n) is 4.56. The maximum atomic E-state index is 12.3. The van der Waals surface area contributed by atoms with E-state index in [1.807, 2.05) is 28.5 Å². The number of nitrogens with zero attached hydrogens (tertiary/aromatic N) is 2. The molecular formula is C22H31N3O4S. The van der Waals surface area contributed by atoms with Crippen LogP contribution in [-0.4, -0.2) is 49.0 Å². The second kappa shape index (κ2) is 12.2. The Balaban J connectivity index is 1.87. The number of methoxy groups -OCH3 is 2. The topological polar surface area (TPSA) is 80.8 Å². The number of benzene rings is 1. The van der Waals surface area contributed by atoms with Gasteiger partial charge in [0.25, 0.3) is 0 Å². The Kier molecular flexibility index (Phi) is 9.60. The van der Waals surface area contributed by atoms with Crippen LogP contribution in [-0.2, 0) is 9.59 Å². The molecule has 0 saturated heterocycles. The van der Waals surface area contributed by atoms with Crippen molar-refractivity contribution < 1.29 is 19.1 Å². The van der Waals surface area contributed by atoms with Crippen LogP contribution in [0.5, 0.6) is 11.5 Å². The minimum atomic E-state index is -0.131. The third-order valence-corrected chi connectivity index (χ3v) is 5.32. The monoisotopic (exact) mass is 433 g/mol. The zero-order chi connectivity index (χ0) is 21.9. The van der Waals surface area contributed by atoms with Gasteiger partial charge in [-0.05, 0) is 37.5 Å². The molecule has 2 amide bonds. The Morgan fingerprint density at radius 1 is 1.07 bits per heavy atom. The number of anilines is 1. The molecule has 30 heavy (non-hydrogen) atoms. The number of hydrogen-bond donors (Lipinski definition) is 1. The first kappa shape index (κ1) is 23.7. The Bertz CT molecular complexity index is 832.